The largest absolute Gasteiger partial charge is 0.389 e. The van der Waals surface area contributed by atoms with Crippen LogP contribution < -0.4 is 5.73 Å². The summed E-state index contributed by atoms with van der Waals surface area (Å²) in [5.74, 6) is 1.44. The summed E-state index contributed by atoms with van der Waals surface area (Å²) in [6.07, 6.45) is 5.10. The molecule has 0 aliphatic heterocycles. The molecule has 2 nitrogen and oxygen atoms in total. The Kier molecular flexibility index (Phi) is 2.77. The lowest BCUT2D eigenvalue weighted by molar-refractivity contribution is -0.459. The second-order valence-electron chi connectivity index (χ2n) is 7.45. The Labute approximate surface area is 125 Å². The molecular formula is C17H23ClNO+. The highest BCUT2D eigenvalue weighted by molar-refractivity contribution is 6.24. The predicted octanol–water partition coefficient (Wildman–Crippen LogP) is 2.52. The summed E-state index contributed by atoms with van der Waals surface area (Å²) in [5, 5.41) is 11.2. The molecule has 0 saturated heterocycles. The van der Waals surface area contributed by atoms with Crippen LogP contribution in [0.2, 0.25) is 0 Å². The van der Waals surface area contributed by atoms with Gasteiger partial charge in [-0.25, -0.2) is 0 Å². The number of benzene rings is 1. The maximum atomic E-state index is 11.2. The molecule has 4 fully saturated rings. The molecule has 4 aliphatic rings. The summed E-state index contributed by atoms with van der Waals surface area (Å²) in [5.41, 5.74) is 5.08. The zero-order valence-electron chi connectivity index (χ0n) is 11.8. The zero-order valence-corrected chi connectivity index (χ0v) is 12.5. The van der Waals surface area contributed by atoms with E-state index in [0.29, 0.717) is 11.8 Å². The van der Waals surface area contributed by atoms with Crippen molar-refractivity contribution in [1.82, 2.24) is 0 Å². The van der Waals surface area contributed by atoms with Gasteiger partial charge in [0.2, 0.25) is 0 Å². The Morgan fingerprint density at radius 3 is 2.60 bits per heavy atom. The van der Waals surface area contributed by atoms with Crippen LogP contribution in [0.25, 0.3) is 0 Å². The van der Waals surface area contributed by atoms with Crippen LogP contribution in [0.5, 0.6) is 0 Å². The van der Waals surface area contributed by atoms with E-state index in [0.717, 1.165) is 25.7 Å². The van der Waals surface area contributed by atoms with Gasteiger partial charge in [0.25, 0.3) is 0 Å². The van der Waals surface area contributed by atoms with Crippen molar-refractivity contribution in [2.75, 3.05) is 0 Å². The van der Waals surface area contributed by atoms with Gasteiger partial charge in [0, 0.05) is 16.4 Å². The predicted molar refractivity (Wildman–Crippen MR) is 79.2 cm³/mol. The molecule has 5 rings (SSSR count). The Bertz CT molecular complexity index is 521. The smallest absolute Gasteiger partial charge is 0.116 e. The number of aliphatic hydroxyl groups is 1. The third kappa shape index (κ3) is 1.85. The Morgan fingerprint density at radius 2 is 1.95 bits per heavy atom. The van der Waals surface area contributed by atoms with Crippen LogP contribution in [0.3, 0.4) is 0 Å². The standard InChI is InChI=1S/C17H22ClNO/c18-16-7-11-6-13(9-16)14(17(20,8-11)10-16)15(19)12-4-2-1-3-5-12/h1-5,11,13-15,20H,6-10,19H2/p+1/t11?,13?,14-,15+,16+,17+/m1/s1. The van der Waals surface area contributed by atoms with Gasteiger partial charge >= 0.3 is 0 Å². The van der Waals surface area contributed by atoms with Gasteiger partial charge in [-0.2, -0.15) is 0 Å². The summed E-state index contributed by atoms with van der Waals surface area (Å²) in [7, 11) is 0. The molecule has 0 amide bonds. The van der Waals surface area contributed by atoms with E-state index < -0.39 is 5.60 Å². The first kappa shape index (κ1) is 13.1. The highest BCUT2D eigenvalue weighted by Crippen LogP contribution is 2.64. The van der Waals surface area contributed by atoms with Crippen molar-refractivity contribution < 1.29 is 10.8 Å². The van der Waals surface area contributed by atoms with E-state index in [1.54, 1.807) is 0 Å². The van der Waals surface area contributed by atoms with Crippen LogP contribution in [0.4, 0.5) is 0 Å². The number of quaternary nitrogens is 1. The van der Waals surface area contributed by atoms with Crippen molar-refractivity contribution in [3.63, 3.8) is 0 Å². The van der Waals surface area contributed by atoms with E-state index in [9.17, 15) is 5.11 Å². The number of halogens is 1. The molecule has 2 unspecified atom stereocenters. The molecule has 0 heterocycles. The first-order chi connectivity index (χ1) is 9.49. The third-order valence-corrected chi connectivity index (χ3v) is 6.42. The fourth-order valence-electron chi connectivity index (χ4n) is 5.66. The van der Waals surface area contributed by atoms with Crippen LogP contribution in [0.15, 0.2) is 30.3 Å². The van der Waals surface area contributed by atoms with Crippen molar-refractivity contribution in [2.24, 2.45) is 17.8 Å². The highest BCUT2D eigenvalue weighted by Gasteiger charge is 2.63. The topological polar surface area (TPSA) is 47.9 Å². The van der Waals surface area contributed by atoms with E-state index in [2.05, 4.69) is 30.0 Å². The molecule has 4 aliphatic carbocycles. The molecule has 4 N–H and O–H groups in total. The second kappa shape index (κ2) is 4.22. The van der Waals surface area contributed by atoms with Gasteiger partial charge in [0.05, 0.1) is 5.60 Å². The Hall–Kier alpha value is -0.570. The molecule has 20 heavy (non-hydrogen) atoms. The van der Waals surface area contributed by atoms with E-state index in [-0.39, 0.29) is 16.8 Å². The lowest BCUT2D eigenvalue weighted by Crippen LogP contribution is -2.70. The average Bonchev–Trinajstić information content (AvgIpc) is 2.36. The molecular weight excluding hydrogens is 270 g/mol. The van der Waals surface area contributed by atoms with Crippen LogP contribution >= 0.6 is 11.6 Å². The van der Waals surface area contributed by atoms with E-state index in [1.165, 1.54) is 12.0 Å². The normalized spacial score (nSPS) is 47.5. The highest BCUT2D eigenvalue weighted by atomic mass is 35.5. The molecule has 0 aromatic heterocycles. The SMILES string of the molecule is [NH3+][C@@H](c1ccccc1)[C@H]1C2CC3C[C@](Cl)(C2)C[C@@]1(O)C3. The molecule has 108 valence electrons. The molecule has 0 radical (unpaired) electrons. The maximum absolute atomic E-state index is 11.2. The minimum Gasteiger partial charge on any atom is -0.389 e. The lowest BCUT2D eigenvalue weighted by atomic mass is 9.48. The molecule has 4 saturated carbocycles. The summed E-state index contributed by atoms with van der Waals surface area (Å²) in [4.78, 5) is -0.131. The fourth-order valence-corrected chi connectivity index (χ4v) is 6.31. The minimum atomic E-state index is -0.589. The van der Waals surface area contributed by atoms with Gasteiger partial charge in [0.1, 0.15) is 6.04 Å². The van der Waals surface area contributed by atoms with Crippen LogP contribution in [0, 0.1) is 17.8 Å². The summed E-state index contributed by atoms with van der Waals surface area (Å²) in [6, 6.07) is 10.6. The monoisotopic (exact) mass is 292 g/mol. The van der Waals surface area contributed by atoms with Gasteiger partial charge in [-0.3, -0.25) is 0 Å². The average molecular weight is 293 g/mol. The molecule has 1 aromatic carbocycles. The Morgan fingerprint density at radius 1 is 1.20 bits per heavy atom. The lowest BCUT2D eigenvalue weighted by Gasteiger charge is -2.62. The summed E-state index contributed by atoms with van der Waals surface area (Å²) < 4.78 is 0. The van der Waals surface area contributed by atoms with Gasteiger partial charge in [0.15, 0.2) is 0 Å². The first-order valence-electron chi connectivity index (χ1n) is 7.78. The number of hydrogen-bond donors (Lipinski definition) is 2. The third-order valence-electron chi connectivity index (χ3n) is 5.97. The number of hydrogen-bond acceptors (Lipinski definition) is 1. The van der Waals surface area contributed by atoms with Crippen molar-refractivity contribution in [3.8, 4) is 0 Å². The van der Waals surface area contributed by atoms with Crippen molar-refractivity contribution >= 4 is 11.6 Å². The van der Waals surface area contributed by atoms with Gasteiger partial charge in [-0.15, -0.1) is 11.6 Å². The molecule has 4 bridgehead atoms. The molecule has 0 spiro atoms. The maximum Gasteiger partial charge on any atom is 0.116 e. The first-order valence-corrected chi connectivity index (χ1v) is 8.16. The number of alkyl halides is 1. The van der Waals surface area contributed by atoms with Crippen LogP contribution in [-0.4, -0.2) is 15.6 Å². The van der Waals surface area contributed by atoms with E-state index >= 15 is 0 Å². The van der Waals surface area contributed by atoms with Crippen LogP contribution in [-0.2, 0) is 0 Å². The fraction of sp³-hybridized carbons (Fsp3) is 0.647. The zero-order chi connectivity index (χ0) is 14.0. The van der Waals surface area contributed by atoms with Crippen LogP contribution in [0.1, 0.15) is 43.7 Å². The van der Waals surface area contributed by atoms with Gasteiger partial charge < -0.3 is 10.8 Å². The van der Waals surface area contributed by atoms with Crippen molar-refractivity contribution in [3.05, 3.63) is 35.9 Å². The Balaban J connectivity index is 1.69. The number of rotatable bonds is 2. The summed E-state index contributed by atoms with van der Waals surface area (Å²) in [6.45, 7) is 0. The van der Waals surface area contributed by atoms with Gasteiger partial charge in [-0.05, 0) is 43.9 Å². The summed E-state index contributed by atoms with van der Waals surface area (Å²) >= 11 is 6.76. The van der Waals surface area contributed by atoms with Crippen molar-refractivity contribution in [1.29, 1.82) is 0 Å². The molecule has 1 aromatic rings. The van der Waals surface area contributed by atoms with Gasteiger partial charge in [-0.1, -0.05) is 30.3 Å². The van der Waals surface area contributed by atoms with E-state index in [1.807, 2.05) is 6.07 Å². The molecule has 3 heteroatoms. The van der Waals surface area contributed by atoms with E-state index in [4.69, 9.17) is 11.6 Å². The minimum absolute atomic E-state index is 0.131. The quantitative estimate of drug-likeness (QED) is 0.809. The second-order valence-corrected chi connectivity index (χ2v) is 8.25. The molecule has 6 atom stereocenters. The van der Waals surface area contributed by atoms with Crippen molar-refractivity contribution in [2.45, 2.75) is 48.6 Å².